The summed E-state index contributed by atoms with van der Waals surface area (Å²) in [6.45, 7) is 48.8. The Hall–Kier alpha value is -7.44. The number of rotatable bonds is 17. The maximum absolute atomic E-state index is 15.5. The van der Waals surface area contributed by atoms with Gasteiger partial charge in [0.25, 0.3) is 0 Å². The second-order valence-corrected chi connectivity index (χ2v) is 28.8. The van der Waals surface area contributed by atoms with Crippen molar-refractivity contribution >= 4 is 23.6 Å². The Morgan fingerprint density at radius 2 is 0.554 bits per heavy atom. The van der Waals surface area contributed by atoms with Crippen LogP contribution in [0.1, 0.15) is 224 Å². The number of imide groups is 2. The molecule has 0 saturated heterocycles. The topological polar surface area (TPSA) is 203 Å². The average molecular weight is 1130 g/mol. The Morgan fingerprint density at radius 1 is 0.373 bits per heavy atom. The molecular weight excluding hydrogens is 1040 g/mol. The number of nitrogens with zero attached hydrogens (tertiary/aromatic N) is 4. The molecule has 4 aromatic rings. The van der Waals surface area contributed by atoms with Crippen molar-refractivity contribution in [2.45, 2.75) is 226 Å². The van der Waals surface area contributed by atoms with Crippen LogP contribution in [0.4, 0.5) is 0 Å². The molecule has 0 saturated carbocycles. The third-order valence-corrected chi connectivity index (χ3v) is 15.6. The summed E-state index contributed by atoms with van der Waals surface area (Å²) in [4.78, 5) is 61.7. The number of aromatic hydroxyl groups is 4. The SMILES string of the molecule is C=CC(C=C)(C=C)c1cc(CCC(=O)N(C(=O)CCc2cc(C(C)(C)C)c(O)c(C(C)(C)C)c2)N(C(=O)CCc2cc(C(C)(C)C)c(O)c(C(C)(C)C)c2)C(=O)CCc2cc(C(C)(C)C)c(O)c(C(C)(C)C)c2)cc(C(C)(C#N)C#N)c1O. The van der Waals surface area contributed by atoms with Gasteiger partial charge in [0, 0.05) is 36.8 Å². The average Bonchev–Trinajstić information content (AvgIpc) is 3.48. The first kappa shape index (κ1) is 68.1. The molecule has 0 bridgehead atoms. The highest BCUT2D eigenvalue weighted by Gasteiger charge is 2.39. The molecule has 4 amide bonds. The third-order valence-electron chi connectivity index (χ3n) is 15.6. The molecule has 0 unspecified atom stereocenters. The zero-order valence-corrected chi connectivity index (χ0v) is 53.3. The van der Waals surface area contributed by atoms with Gasteiger partial charge in [-0.1, -0.05) is 185 Å². The van der Waals surface area contributed by atoms with E-state index in [1.807, 2.05) is 173 Å². The summed E-state index contributed by atoms with van der Waals surface area (Å²) < 4.78 is 0. The van der Waals surface area contributed by atoms with Crippen LogP contribution in [0.5, 0.6) is 23.0 Å². The van der Waals surface area contributed by atoms with Crippen molar-refractivity contribution < 1.29 is 39.6 Å². The lowest BCUT2D eigenvalue weighted by Gasteiger charge is -2.33. The van der Waals surface area contributed by atoms with Gasteiger partial charge < -0.3 is 20.4 Å². The minimum atomic E-state index is -1.86. The number of benzene rings is 4. The predicted octanol–water partition coefficient (Wildman–Crippen LogP) is 14.9. The number of hydrogen-bond acceptors (Lipinski definition) is 10. The van der Waals surface area contributed by atoms with Crippen molar-refractivity contribution in [3.05, 3.63) is 153 Å². The first-order chi connectivity index (χ1) is 37.9. The molecule has 83 heavy (non-hydrogen) atoms. The molecule has 0 radical (unpaired) electrons. The molecule has 12 heteroatoms. The van der Waals surface area contributed by atoms with Crippen LogP contribution >= 0.6 is 0 Å². The summed E-state index contributed by atoms with van der Waals surface area (Å²) in [5, 5.41) is 68.6. The second kappa shape index (κ2) is 24.8. The molecule has 0 aliphatic heterocycles. The highest BCUT2D eigenvalue weighted by atomic mass is 16.3. The number of amides is 4. The van der Waals surface area contributed by atoms with E-state index >= 15 is 19.2 Å². The van der Waals surface area contributed by atoms with Crippen LogP contribution in [-0.4, -0.2) is 54.1 Å². The number of carbonyl (C=O) groups is 4. The van der Waals surface area contributed by atoms with E-state index in [1.54, 1.807) is 6.07 Å². The number of phenols is 4. The normalized spacial score (nSPS) is 12.7. The van der Waals surface area contributed by atoms with E-state index in [0.29, 0.717) is 65.7 Å². The maximum atomic E-state index is 15.5. The minimum Gasteiger partial charge on any atom is -0.507 e. The smallest absolute Gasteiger partial charge is 0.249 e. The Balaban J connectivity index is 2.04. The lowest BCUT2D eigenvalue weighted by molar-refractivity contribution is -0.180. The first-order valence-electron chi connectivity index (χ1n) is 28.8. The molecule has 0 fully saturated rings. The van der Waals surface area contributed by atoms with E-state index in [2.05, 4.69) is 19.7 Å². The quantitative estimate of drug-likeness (QED) is 0.0582. The van der Waals surface area contributed by atoms with Crippen LogP contribution in [0.25, 0.3) is 0 Å². The maximum Gasteiger partial charge on any atom is 0.249 e. The van der Waals surface area contributed by atoms with Crippen molar-refractivity contribution in [1.82, 2.24) is 10.0 Å². The van der Waals surface area contributed by atoms with E-state index in [0.717, 1.165) is 0 Å². The predicted molar refractivity (Wildman–Crippen MR) is 332 cm³/mol. The number of aryl methyl sites for hydroxylation is 4. The zero-order valence-electron chi connectivity index (χ0n) is 53.3. The van der Waals surface area contributed by atoms with E-state index in [1.165, 1.54) is 31.2 Å². The molecule has 446 valence electrons. The van der Waals surface area contributed by atoms with Crippen LogP contribution < -0.4 is 0 Å². The number of carbonyl (C=O) groups excluding carboxylic acids is 4. The summed E-state index contributed by atoms with van der Waals surface area (Å²) in [7, 11) is 0. The van der Waals surface area contributed by atoms with Crippen molar-refractivity contribution in [2.75, 3.05) is 0 Å². The van der Waals surface area contributed by atoms with Crippen LogP contribution in [0.15, 0.2) is 86.5 Å². The summed E-state index contributed by atoms with van der Waals surface area (Å²) in [5.74, 6) is -3.33. The Bertz CT molecular complexity index is 3030. The fraction of sp³-hybridized carbons (Fsp3) is 0.493. The molecule has 4 N–H and O–H groups in total. The van der Waals surface area contributed by atoms with Crippen LogP contribution in [0, 0.1) is 22.7 Å². The number of allylic oxidation sites excluding steroid dienone is 3. The van der Waals surface area contributed by atoms with Crippen LogP contribution in [-0.2, 0) is 88.2 Å². The third kappa shape index (κ3) is 15.4. The van der Waals surface area contributed by atoms with Crippen molar-refractivity contribution in [1.29, 1.82) is 10.5 Å². The second-order valence-electron chi connectivity index (χ2n) is 28.8. The van der Waals surface area contributed by atoms with Gasteiger partial charge >= 0.3 is 0 Å². The van der Waals surface area contributed by atoms with Gasteiger partial charge in [0.1, 0.15) is 23.0 Å². The lowest BCUT2D eigenvalue weighted by Crippen LogP contribution is -2.55. The highest BCUT2D eigenvalue weighted by molar-refractivity contribution is 6.04. The van der Waals surface area contributed by atoms with E-state index in [9.17, 15) is 30.9 Å². The molecule has 0 aromatic heterocycles. The van der Waals surface area contributed by atoms with Crippen LogP contribution in [0.2, 0.25) is 0 Å². The number of phenolic OH excluding ortho intramolecular Hbond substituents is 4. The molecule has 12 nitrogen and oxygen atoms in total. The fourth-order valence-electron chi connectivity index (χ4n) is 10.4. The van der Waals surface area contributed by atoms with Gasteiger partial charge in [0.2, 0.25) is 23.6 Å². The Labute approximate surface area is 496 Å². The molecule has 4 rings (SSSR count). The van der Waals surface area contributed by atoms with Gasteiger partial charge in [0.15, 0.2) is 5.41 Å². The van der Waals surface area contributed by atoms with Gasteiger partial charge in [0.05, 0.1) is 17.6 Å². The monoisotopic (exact) mass is 1130 g/mol. The molecular formula is C71H94N4O8. The van der Waals surface area contributed by atoms with Gasteiger partial charge in [-0.25, -0.2) is 0 Å². The minimum absolute atomic E-state index is 0.0487. The van der Waals surface area contributed by atoms with E-state index in [4.69, 9.17) is 0 Å². The summed E-state index contributed by atoms with van der Waals surface area (Å²) >= 11 is 0. The van der Waals surface area contributed by atoms with E-state index < -0.39 is 73.4 Å². The molecule has 0 aliphatic rings. The van der Waals surface area contributed by atoms with E-state index in [-0.39, 0.29) is 79.1 Å². The molecule has 4 aromatic carbocycles. The Morgan fingerprint density at radius 3 is 0.735 bits per heavy atom. The number of hydrazine groups is 1. The Kier molecular flexibility index (Phi) is 20.3. The molecule has 0 aliphatic carbocycles. The summed E-state index contributed by atoms with van der Waals surface area (Å²) in [6, 6.07) is 18.1. The van der Waals surface area contributed by atoms with Gasteiger partial charge in [-0.3, -0.25) is 19.2 Å². The van der Waals surface area contributed by atoms with Crippen molar-refractivity contribution in [3.63, 3.8) is 0 Å². The highest BCUT2D eigenvalue weighted by Crippen LogP contribution is 2.45. The zero-order chi connectivity index (χ0) is 63.6. The fourth-order valence-corrected chi connectivity index (χ4v) is 10.4. The number of hydrogen-bond donors (Lipinski definition) is 4. The van der Waals surface area contributed by atoms with Gasteiger partial charge in [-0.05, 0) is 127 Å². The van der Waals surface area contributed by atoms with Gasteiger partial charge in [-0.15, -0.1) is 19.7 Å². The summed E-state index contributed by atoms with van der Waals surface area (Å²) in [6.07, 6.45) is 3.03. The molecule has 0 heterocycles. The largest absolute Gasteiger partial charge is 0.507 e. The van der Waals surface area contributed by atoms with Crippen molar-refractivity contribution in [3.8, 4) is 35.1 Å². The standard InChI is InChI=1S/C71H94N4O8/c1-23-71(24-2,25-3)55-41-47(40-54(63(55)83)70(22,42-72)43-73)29-33-59(79)75(58(78)32-28-46-38-52(68(16,17)18)62(82)53(39-46)69(19,20)21)74(56(76)30-26-44-34-48(64(4,5)6)60(80)49(35-44)65(7,8)9)57(77)31-27-45-36-50(66(10,11)12)61(81)51(37-45)67(13,14)15/h23-25,34-41,80-83H,1-3,26-33H2,4-22H3. The van der Waals surface area contributed by atoms with Crippen LogP contribution in [0.3, 0.4) is 0 Å². The summed E-state index contributed by atoms with van der Waals surface area (Å²) in [5.41, 5.74) is 0.445. The van der Waals surface area contributed by atoms with Gasteiger partial charge in [-0.2, -0.15) is 20.5 Å². The lowest BCUT2D eigenvalue weighted by atomic mass is 9.75. The molecule has 0 atom stereocenters. The molecule has 0 spiro atoms. The first-order valence-corrected chi connectivity index (χ1v) is 28.8. The van der Waals surface area contributed by atoms with Crippen molar-refractivity contribution in [2.24, 2.45) is 0 Å². The number of nitriles is 2.